The highest BCUT2D eigenvalue weighted by Gasteiger charge is 2.22. The van der Waals surface area contributed by atoms with E-state index in [0.29, 0.717) is 16.5 Å². The van der Waals surface area contributed by atoms with E-state index in [1.165, 1.54) is 31.9 Å². The Bertz CT molecular complexity index is 422. The SMILES string of the molecule is CC1CCCCCC1NC(=O)c1ccncc1Cl. The molecule has 2 atom stereocenters. The average molecular weight is 267 g/mol. The molecule has 3 nitrogen and oxygen atoms in total. The Morgan fingerprint density at radius 1 is 1.39 bits per heavy atom. The highest BCUT2D eigenvalue weighted by atomic mass is 35.5. The Hall–Kier alpha value is -1.09. The van der Waals surface area contributed by atoms with E-state index in [4.69, 9.17) is 11.6 Å². The molecule has 0 aliphatic heterocycles. The van der Waals surface area contributed by atoms with Crippen LogP contribution in [0.25, 0.3) is 0 Å². The molecule has 2 rings (SSSR count). The molecule has 1 amide bonds. The van der Waals surface area contributed by atoms with Gasteiger partial charge in [-0.25, -0.2) is 0 Å². The van der Waals surface area contributed by atoms with Gasteiger partial charge < -0.3 is 5.32 Å². The van der Waals surface area contributed by atoms with Gasteiger partial charge in [-0.3, -0.25) is 9.78 Å². The summed E-state index contributed by atoms with van der Waals surface area (Å²) in [5, 5.41) is 3.53. The minimum atomic E-state index is -0.0823. The molecule has 98 valence electrons. The number of pyridine rings is 1. The molecule has 1 heterocycles. The zero-order valence-electron chi connectivity index (χ0n) is 10.7. The first-order chi connectivity index (χ1) is 8.68. The molecule has 18 heavy (non-hydrogen) atoms. The second-order valence-corrected chi connectivity index (χ2v) is 5.46. The molecule has 1 N–H and O–H groups in total. The lowest BCUT2D eigenvalue weighted by atomic mass is 9.96. The zero-order valence-corrected chi connectivity index (χ0v) is 11.4. The topological polar surface area (TPSA) is 42.0 Å². The molecular formula is C14H19ClN2O. The average Bonchev–Trinajstić information content (AvgIpc) is 2.55. The number of hydrogen-bond donors (Lipinski definition) is 1. The first-order valence-electron chi connectivity index (χ1n) is 6.59. The van der Waals surface area contributed by atoms with Crippen LogP contribution in [0.5, 0.6) is 0 Å². The summed E-state index contributed by atoms with van der Waals surface area (Å²) in [4.78, 5) is 16.1. The maximum Gasteiger partial charge on any atom is 0.253 e. The van der Waals surface area contributed by atoms with Crippen LogP contribution in [0.1, 0.15) is 49.4 Å². The van der Waals surface area contributed by atoms with Crippen LogP contribution >= 0.6 is 11.6 Å². The summed E-state index contributed by atoms with van der Waals surface area (Å²) in [5.74, 6) is 0.457. The van der Waals surface area contributed by atoms with Crippen molar-refractivity contribution in [2.24, 2.45) is 5.92 Å². The monoisotopic (exact) mass is 266 g/mol. The molecule has 0 spiro atoms. The predicted molar refractivity (Wildman–Crippen MR) is 72.8 cm³/mol. The number of nitrogens with zero attached hydrogens (tertiary/aromatic N) is 1. The second-order valence-electron chi connectivity index (χ2n) is 5.05. The van der Waals surface area contributed by atoms with E-state index in [2.05, 4.69) is 17.2 Å². The molecule has 1 aromatic rings. The lowest BCUT2D eigenvalue weighted by molar-refractivity contribution is 0.0921. The van der Waals surface area contributed by atoms with Crippen molar-refractivity contribution >= 4 is 17.5 Å². The first kappa shape index (κ1) is 13.3. The Morgan fingerprint density at radius 3 is 2.94 bits per heavy atom. The minimum Gasteiger partial charge on any atom is -0.349 e. The van der Waals surface area contributed by atoms with Gasteiger partial charge in [0.15, 0.2) is 0 Å². The number of halogens is 1. The van der Waals surface area contributed by atoms with Gasteiger partial charge in [0, 0.05) is 18.4 Å². The van der Waals surface area contributed by atoms with Crippen molar-refractivity contribution in [3.05, 3.63) is 29.0 Å². The molecular weight excluding hydrogens is 248 g/mol. The fourth-order valence-corrected chi connectivity index (χ4v) is 2.72. The summed E-state index contributed by atoms with van der Waals surface area (Å²) in [5.41, 5.74) is 0.517. The molecule has 1 aliphatic rings. The largest absolute Gasteiger partial charge is 0.349 e. The van der Waals surface area contributed by atoms with Crippen molar-refractivity contribution < 1.29 is 4.79 Å². The van der Waals surface area contributed by atoms with Crippen LogP contribution in [0.2, 0.25) is 5.02 Å². The minimum absolute atomic E-state index is 0.0823. The smallest absolute Gasteiger partial charge is 0.253 e. The van der Waals surface area contributed by atoms with Gasteiger partial charge in [-0.1, -0.05) is 37.8 Å². The van der Waals surface area contributed by atoms with Gasteiger partial charge in [-0.15, -0.1) is 0 Å². The third kappa shape index (κ3) is 3.22. The second kappa shape index (κ2) is 6.19. The number of rotatable bonds is 2. The summed E-state index contributed by atoms with van der Waals surface area (Å²) in [6.07, 6.45) is 9.09. The van der Waals surface area contributed by atoms with Gasteiger partial charge >= 0.3 is 0 Å². The van der Waals surface area contributed by atoms with Crippen LogP contribution in [-0.4, -0.2) is 16.9 Å². The standard InChI is InChI=1S/C14H19ClN2O/c1-10-5-3-2-4-6-13(10)17-14(18)11-7-8-16-9-12(11)15/h7-10,13H,2-6H2,1H3,(H,17,18). The lowest BCUT2D eigenvalue weighted by Gasteiger charge is -2.23. The van der Waals surface area contributed by atoms with Crippen LogP contribution in [0.15, 0.2) is 18.5 Å². The van der Waals surface area contributed by atoms with Crippen LogP contribution in [0, 0.1) is 5.92 Å². The van der Waals surface area contributed by atoms with Crippen LogP contribution in [0.4, 0.5) is 0 Å². The molecule has 1 aromatic heterocycles. The molecule has 2 unspecified atom stereocenters. The molecule has 0 saturated heterocycles. The van der Waals surface area contributed by atoms with E-state index in [9.17, 15) is 4.79 Å². The molecule has 1 fully saturated rings. The summed E-state index contributed by atoms with van der Waals surface area (Å²) in [7, 11) is 0. The number of carbonyl (C=O) groups is 1. The van der Waals surface area contributed by atoms with Gasteiger partial charge in [0.2, 0.25) is 0 Å². The highest BCUT2D eigenvalue weighted by molar-refractivity contribution is 6.33. The molecule has 0 bridgehead atoms. The van der Waals surface area contributed by atoms with Gasteiger partial charge in [0.25, 0.3) is 5.91 Å². The number of amides is 1. The van der Waals surface area contributed by atoms with E-state index in [1.807, 2.05) is 0 Å². The Balaban J connectivity index is 2.04. The number of aromatic nitrogens is 1. The number of hydrogen-bond acceptors (Lipinski definition) is 2. The Kier molecular flexibility index (Phi) is 4.59. The molecule has 0 radical (unpaired) electrons. The van der Waals surface area contributed by atoms with Crippen molar-refractivity contribution in [2.75, 3.05) is 0 Å². The number of nitrogens with one attached hydrogen (secondary N) is 1. The Labute approximate surface area is 113 Å². The van der Waals surface area contributed by atoms with E-state index >= 15 is 0 Å². The number of carbonyl (C=O) groups excluding carboxylic acids is 1. The molecule has 0 aromatic carbocycles. The van der Waals surface area contributed by atoms with E-state index < -0.39 is 0 Å². The van der Waals surface area contributed by atoms with Crippen LogP contribution in [0.3, 0.4) is 0 Å². The quantitative estimate of drug-likeness (QED) is 0.834. The summed E-state index contributed by atoms with van der Waals surface area (Å²) in [6, 6.07) is 1.93. The highest BCUT2D eigenvalue weighted by Crippen LogP contribution is 2.23. The third-order valence-electron chi connectivity index (χ3n) is 3.70. The molecule has 1 saturated carbocycles. The molecule has 4 heteroatoms. The van der Waals surface area contributed by atoms with Crippen molar-refractivity contribution in [3.8, 4) is 0 Å². The van der Waals surface area contributed by atoms with Crippen LogP contribution < -0.4 is 5.32 Å². The normalized spacial score (nSPS) is 24.3. The first-order valence-corrected chi connectivity index (χ1v) is 6.96. The van der Waals surface area contributed by atoms with Crippen molar-refractivity contribution in [3.63, 3.8) is 0 Å². The van der Waals surface area contributed by atoms with Gasteiger partial charge in [0.05, 0.1) is 10.6 Å². The fraction of sp³-hybridized carbons (Fsp3) is 0.571. The maximum atomic E-state index is 12.2. The summed E-state index contributed by atoms with van der Waals surface area (Å²) < 4.78 is 0. The Morgan fingerprint density at radius 2 is 2.17 bits per heavy atom. The zero-order chi connectivity index (χ0) is 13.0. The molecule has 1 aliphatic carbocycles. The van der Waals surface area contributed by atoms with Gasteiger partial charge in [-0.05, 0) is 24.8 Å². The lowest BCUT2D eigenvalue weighted by Crippen LogP contribution is -2.39. The fourth-order valence-electron chi connectivity index (χ4n) is 2.51. The van der Waals surface area contributed by atoms with Crippen molar-refractivity contribution in [1.29, 1.82) is 0 Å². The van der Waals surface area contributed by atoms with Gasteiger partial charge in [0.1, 0.15) is 0 Å². The van der Waals surface area contributed by atoms with E-state index in [-0.39, 0.29) is 11.9 Å². The van der Waals surface area contributed by atoms with Gasteiger partial charge in [-0.2, -0.15) is 0 Å². The van der Waals surface area contributed by atoms with Crippen molar-refractivity contribution in [2.45, 2.75) is 45.1 Å². The summed E-state index contributed by atoms with van der Waals surface area (Å²) in [6.45, 7) is 2.21. The van der Waals surface area contributed by atoms with Crippen molar-refractivity contribution in [1.82, 2.24) is 10.3 Å². The predicted octanol–water partition coefficient (Wildman–Crippen LogP) is 3.43. The third-order valence-corrected chi connectivity index (χ3v) is 4.00. The van der Waals surface area contributed by atoms with E-state index in [1.54, 1.807) is 12.3 Å². The van der Waals surface area contributed by atoms with Crippen LogP contribution in [-0.2, 0) is 0 Å². The van der Waals surface area contributed by atoms with E-state index in [0.717, 1.165) is 6.42 Å². The maximum absolute atomic E-state index is 12.2. The summed E-state index contributed by atoms with van der Waals surface area (Å²) >= 11 is 5.98.